The molecule has 3 aromatic rings. The fourth-order valence-corrected chi connectivity index (χ4v) is 3.32. The van der Waals surface area contributed by atoms with Crippen LogP contribution in [-0.2, 0) is 35.0 Å². The van der Waals surface area contributed by atoms with Gasteiger partial charge in [-0.05, 0) is 47.7 Å². The number of aryl methyl sites for hydroxylation is 3. The van der Waals surface area contributed by atoms with E-state index < -0.39 is 21.6 Å². The predicted octanol–water partition coefficient (Wildman–Crippen LogP) is 2.94. The topological polar surface area (TPSA) is 108 Å². The van der Waals surface area contributed by atoms with E-state index in [0.717, 1.165) is 29.4 Å². The smallest absolute Gasteiger partial charge is 0.219 e. The molecule has 0 bridgehead atoms. The molecule has 1 aromatic carbocycles. The Bertz CT molecular complexity index is 1090. The first kappa shape index (κ1) is 20.8. The molecule has 2 aromatic heterocycles. The molecule has 0 amide bonds. The second-order valence-corrected chi connectivity index (χ2v) is 8.15. The molecular formula is C20H21FN4O3S. The molecule has 0 saturated heterocycles. The predicted molar refractivity (Wildman–Crippen MR) is 106 cm³/mol. The molecule has 0 radical (unpaired) electrons. The first-order valence-electron chi connectivity index (χ1n) is 9.04. The van der Waals surface area contributed by atoms with Gasteiger partial charge < -0.3 is 4.74 Å². The molecule has 29 heavy (non-hydrogen) atoms. The number of rotatable bonds is 8. The second kappa shape index (κ2) is 9.06. The van der Waals surface area contributed by atoms with E-state index in [1.165, 1.54) is 12.1 Å². The summed E-state index contributed by atoms with van der Waals surface area (Å²) in [7, 11) is -3.73. The van der Waals surface area contributed by atoms with Gasteiger partial charge in [0.2, 0.25) is 15.9 Å². The standard InChI is InChI=1S/C20H21FN4O3S/c1-2-14-11-24-19(25-12-14)6-4-15-7-8-23-20(10-15)28-18-5-3-16(9-17(18)21)13-29(22,26)27/h3,5,7-12H,2,4,6,13H2,1H3,(H2,22,26,27). The summed E-state index contributed by atoms with van der Waals surface area (Å²) in [6.07, 6.45) is 7.46. The van der Waals surface area contributed by atoms with Crippen molar-refractivity contribution in [1.29, 1.82) is 0 Å². The highest BCUT2D eigenvalue weighted by Gasteiger charge is 2.11. The largest absolute Gasteiger partial charge is 0.436 e. The van der Waals surface area contributed by atoms with Crippen LogP contribution in [0.15, 0.2) is 48.9 Å². The van der Waals surface area contributed by atoms with Crippen LogP contribution in [0.1, 0.15) is 29.4 Å². The van der Waals surface area contributed by atoms with E-state index in [9.17, 15) is 12.8 Å². The molecule has 0 aliphatic rings. The third-order valence-corrected chi connectivity index (χ3v) is 4.92. The lowest BCUT2D eigenvalue weighted by Crippen LogP contribution is -2.14. The minimum Gasteiger partial charge on any atom is -0.436 e. The van der Waals surface area contributed by atoms with Crippen LogP contribution in [0.3, 0.4) is 0 Å². The molecular weight excluding hydrogens is 395 g/mol. The number of primary sulfonamides is 1. The number of hydrogen-bond donors (Lipinski definition) is 1. The minimum absolute atomic E-state index is 0.0497. The van der Waals surface area contributed by atoms with Crippen LogP contribution in [0.25, 0.3) is 0 Å². The van der Waals surface area contributed by atoms with Crippen molar-refractivity contribution >= 4 is 10.0 Å². The number of sulfonamides is 1. The zero-order valence-electron chi connectivity index (χ0n) is 15.9. The van der Waals surface area contributed by atoms with Crippen molar-refractivity contribution in [3.8, 4) is 11.6 Å². The summed E-state index contributed by atoms with van der Waals surface area (Å²) in [5.41, 5.74) is 2.28. The molecule has 0 spiro atoms. The summed E-state index contributed by atoms with van der Waals surface area (Å²) in [6, 6.07) is 7.45. The molecule has 7 nitrogen and oxygen atoms in total. The van der Waals surface area contributed by atoms with Crippen LogP contribution in [0, 0.1) is 5.82 Å². The van der Waals surface area contributed by atoms with E-state index in [1.807, 2.05) is 25.4 Å². The minimum atomic E-state index is -3.73. The Morgan fingerprint density at radius 1 is 1.00 bits per heavy atom. The summed E-state index contributed by atoms with van der Waals surface area (Å²) in [5.74, 6) is -0.200. The Hall–Kier alpha value is -2.91. The van der Waals surface area contributed by atoms with Gasteiger partial charge in [0, 0.05) is 31.1 Å². The first-order chi connectivity index (χ1) is 13.8. The van der Waals surface area contributed by atoms with Gasteiger partial charge in [-0.1, -0.05) is 13.0 Å². The van der Waals surface area contributed by atoms with Gasteiger partial charge in [0.05, 0.1) is 5.75 Å². The quantitative estimate of drug-likeness (QED) is 0.605. The van der Waals surface area contributed by atoms with Gasteiger partial charge in [-0.2, -0.15) is 0 Å². The van der Waals surface area contributed by atoms with Crippen LogP contribution >= 0.6 is 0 Å². The summed E-state index contributed by atoms with van der Waals surface area (Å²) in [6.45, 7) is 2.05. The molecule has 0 aliphatic carbocycles. The fraction of sp³-hybridized carbons (Fsp3) is 0.250. The Balaban J connectivity index is 1.66. The van der Waals surface area contributed by atoms with Crippen molar-refractivity contribution in [3.05, 3.63) is 77.3 Å². The molecule has 0 atom stereocenters. The van der Waals surface area contributed by atoms with E-state index in [2.05, 4.69) is 15.0 Å². The maximum atomic E-state index is 14.2. The number of halogens is 1. The van der Waals surface area contributed by atoms with Gasteiger partial charge in [0.15, 0.2) is 11.6 Å². The SMILES string of the molecule is CCc1cnc(CCc2ccnc(Oc3ccc(CS(N)(=O)=O)cc3F)c2)nc1. The summed E-state index contributed by atoms with van der Waals surface area (Å²) >= 11 is 0. The number of benzene rings is 1. The Morgan fingerprint density at radius 3 is 2.41 bits per heavy atom. The van der Waals surface area contributed by atoms with Gasteiger partial charge >= 0.3 is 0 Å². The van der Waals surface area contributed by atoms with Crippen LogP contribution in [0.2, 0.25) is 0 Å². The molecule has 2 heterocycles. The van der Waals surface area contributed by atoms with Crippen LogP contribution < -0.4 is 9.88 Å². The molecule has 0 unspecified atom stereocenters. The van der Waals surface area contributed by atoms with Crippen LogP contribution in [0.4, 0.5) is 4.39 Å². The number of ether oxygens (including phenoxy) is 1. The first-order valence-corrected chi connectivity index (χ1v) is 10.8. The maximum Gasteiger partial charge on any atom is 0.219 e. The number of pyridine rings is 1. The van der Waals surface area contributed by atoms with Crippen molar-refractivity contribution in [2.24, 2.45) is 5.14 Å². The number of nitrogens with zero attached hydrogens (tertiary/aromatic N) is 3. The van der Waals surface area contributed by atoms with Gasteiger partial charge in [0.1, 0.15) is 5.82 Å². The van der Waals surface area contributed by atoms with E-state index >= 15 is 0 Å². The molecule has 152 valence electrons. The molecule has 3 rings (SSSR count). The van der Waals surface area contributed by atoms with Gasteiger partial charge in [-0.25, -0.2) is 32.9 Å². The number of nitrogens with two attached hydrogens (primary N) is 1. The second-order valence-electron chi connectivity index (χ2n) is 6.54. The Labute approximate surface area is 168 Å². The highest BCUT2D eigenvalue weighted by molar-refractivity contribution is 7.88. The maximum absolute atomic E-state index is 14.2. The van der Waals surface area contributed by atoms with Crippen molar-refractivity contribution in [1.82, 2.24) is 15.0 Å². The summed E-state index contributed by atoms with van der Waals surface area (Å²) in [5, 5.41) is 4.98. The molecule has 2 N–H and O–H groups in total. The zero-order chi connectivity index (χ0) is 20.9. The lowest BCUT2D eigenvalue weighted by Gasteiger charge is -2.09. The van der Waals surface area contributed by atoms with Crippen molar-refractivity contribution < 1.29 is 17.5 Å². The number of hydrogen-bond acceptors (Lipinski definition) is 6. The molecule has 0 aliphatic heterocycles. The summed E-state index contributed by atoms with van der Waals surface area (Å²) in [4.78, 5) is 12.8. The fourth-order valence-electron chi connectivity index (χ4n) is 2.67. The van der Waals surface area contributed by atoms with Gasteiger partial charge in [0.25, 0.3) is 0 Å². The average molecular weight is 416 g/mol. The molecule has 0 saturated carbocycles. The van der Waals surface area contributed by atoms with E-state index in [-0.39, 0.29) is 17.2 Å². The normalized spacial score (nSPS) is 11.4. The summed E-state index contributed by atoms with van der Waals surface area (Å²) < 4.78 is 42.0. The lowest BCUT2D eigenvalue weighted by molar-refractivity contribution is 0.426. The van der Waals surface area contributed by atoms with Crippen LogP contribution in [-0.4, -0.2) is 23.4 Å². The van der Waals surface area contributed by atoms with Crippen molar-refractivity contribution in [2.75, 3.05) is 0 Å². The number of aromatic nitrogens is 3. The van der Waals surface area contributed by atoms with Gasteiger partial charge in [-0.3, -0.25) is 0 Å². The zero-order valence-corrected chi connectivity index (χ0v) is 16.7. The van der Waals surface area contributed by atoms with E-state index in [0.29, 0.717) is 12.8 Å². The highest BCUT2D eigenvalue weighted by Crippen LogP contribution is 2.25. The molecule has 0 fully saturated rings. The third-order valence-electron chi connectivity index (χ3n) is 4.18. The average Bonchev–Trinajstić information content (AvgIpc) is 2.68. The van der Waals surface area contributed by atoms with E-state index in [4.69, 9.17) is 9.88 Å². The molecule has 9 heteroatoms. The van der Waals surface area contributed by atoms with Crippen molar-refractivity contribution in [2.45, 2.75) is 31.9 Å². The van der Waals surface area contributed by atoms with Gasteiger partial charge in [-0.15, -0.1) is 0 Å². The lowest BCUT2D eigenvalue weighted by atomic mass is 10.1. The van der Waals surface area contributed by atoms with Crippen LogP contribution in [0.5, 0.6) is 11.6 Å². The third kappa shape index (κ3) is 6.30. The Kier molecular flexibility index (Phi) is 6.50. The highest BCUT2D eigenvalue weighted by atomic mass is 32.2. The Morgan fingerprint density at radius 2 is 1.76 bits per heavy atom. The monoisotopic (exact) mass is 416 g/mol. The van der Waals surface area contributed by atoms with Crippen molar-refractivity contribution in [3.63, 3.8) is 0 Å². The van der Waals surface area contributed by atoms with E-state index in [1.54, 1.807) is 12.3 Å².